The minimum absolute atomic E-state index is 0.0632. The molecule has 1 atom stereocenters. The Balaban J connectivity index is 1.47. The first-order valence-corrected chi connectivity index (χ1v) is 12.5. The monoisotopic (exact) mass is 479 g/mol. The highest BCUT2D eigenvalue weighted by atomic mass is 32.1. The number of hydrogen-bond acceptors (Lipinski definition) is 8. The normalized spacial score (nSPS) is 17.0. The van der Waals surface area contributed by atoms with E-state index in [1.54, 1.807) is 18.3 Å². The summed E-state index contributed by atoms with van der Waals surface area (Å²) < 4.78 is 1.14. The molecule has 1 N–H and O–H groups in total. The number of amides is 2. The van der Waals surface area contributed by atoms with E-state index in [2.05, 4.69) is 23.2 Å². The number of para-hydroxylation sites is 1. The first-order chi connectivity index (χ1) is 16.3. The van der Waals surface area contributed by atoms with E-state index in [1.807, 2.05) is 41.8 Å². The van der Waals surface area contributed by atoms with Crippen molar-refractivity contribution in [3.63, 3.8) is 0 Å². The second-order valence-electron chi connectivity index (χ2n) is 9.11. The third-order valence-corrected chi connectivity index (χ3v) is 7.67. The molecule has 1 fully saturated rings. The number of rotatable bonds is 5. The molecule has 0 saturated carbocycles. The summed E-state index contributed by atoms with van der Waals surface area (Å²) in [5, 5.41) is 4.50. The Bertz CT molecular complexity index is 1220. The topological polar surface area (TPSA) is 94.6 Å². The molecule has 5 rings (SSSR count). The summed E-state index contributed by atoms with van der Waals surface area (Å²) in [5.41, 5.74) is 2.28. The van der Waals surface area contributed by atoms with Gasteiger partial charge in [0.2, 0.25) is 11.9 Å². The lowest BCUT2D eigenvalue weighted by Crippen LogP contribution is -2.48. The average molecular weight is 480 g/mol. The van der Waals surface area contributed by atoms with E-state index in [4.69, 9.17) is 15.0 Å². The molecular formula is C24H29N7O2S. The molecule has 0 spiro atoms. The molecule has 0 aliphatic carbocycles. The minimum Gasteiger partial charge on any atom is -0.361 e. The van der Waals surface area contributed by atoms with Gasteiger partial charge in [-0.2, -0.15) is 4.98 Å². The van der Waals surface area contributed by atoms with Gasteiger partial charge in [-0.25, -0.2) is 9.97 Å². The first kappa shape index (κ1) is 22.5. The smallest absolute Gasteiger partial charge is 0.273 e. The molecule has 3 aromatic rings. The number of benzene rings is 1. The number of fused-ring (bicyclic) bond motifs is 2. The summed E-state index contributed by atoms with van der Waals surface area (Å²) in [6.45, 7) is 10.7. The molecule has 10 heteroatoms. The molecule has 9 nitrogen and oxygen atoms in total. The number of carbonyl (C=O) groups excluding carboxylic acids is 2. The highest BCUT2D eigenvalue weighted by Gasteiger charge is 2.35. The van der Waals surface area contributed by atoms with Crippen LogP contribution < -0.4 is 10.2 Å². The van der Waals surface area contributed by atoms with E-state index in [0.29, 0.717) is 50.2 Å². The molecule has 178 valence electrons. The average Bonchev–Trinajstić information content (AvgIpc) is 3.41. The highest BCUT2D eigenvalue weighted by molar-refractivity contribution is 7.18. The zero-order valence-electron chi connectivity index (χ0n) is 19.9. The number of nitrogens with one attached hydrogen (secondary N) is 1. The highest BCUT2D eigenvalue weighted by Crippen LogP contribution is 2.34. The number of piperazine rings is 1. The number of carbonyl (C=O) groups is 2. The minimum atomic E-state index is -0.0815. The summed E-state index contributed by atoms with van der Waals surface area (Å²) in [4.78, 5) is 45.0. The lowest BCUT2D eigenvalue weighted by atomic mass is 10.2. The largest absolute Gasteiger partial charge is 0.361 e. The van der Waals surface area contributed by atoms with Gasteiger partial charge in [0, 0.05) is 44.7 Å². The number of thiazole rings is 1. The van der Waals surface area contributed by atoms with Gasteiger partial charge in [-0.1, -0.05) is 12.1 Å². The van der Waals surface area contributed by atoms with Crippen LogP contribution in [-0.2, 0) is 11.3 Å². The van der Waals surface area contributed by atoms with Crippen molar-refractivity contribution in [2.75, 3.05) is 36.4 Å². The van der Waals surface area contributed by atoms with Crippen LogP contribution >= 0.6 is 11.3 Å². The van der Waals surface area contributed by atoms with Crippen molar-refractivity contribution in [3.8, 4) is 0 Å². The van der Waals surface area contributed by atoms with Crippen molar-refractivity contribution < 1.29 is 9.59 Å². The molecule has 1 saturated heterocycles. The summed E-state index contributed by atoms with van der Waals surface area (Å²) >= 11 is 1.66. The third kappa shape index (κ3) is 4.06. The number of hydrogen-bond donors (Lipinski definition) is 1. The molecule has 0 bridgehead atoms. The lowest BCUT2D eigenvalue weighted by Gasteiger charge is -2.34. The van der Waals surface area contributed by atoms with Gasteiger partial charge in [0.25, 0.3) is 5.91 Å². The van der Waals surface area contributed by atoms with Gasteiger partial charge in [0.1, 0.15) is 16.5 Å². The standard InChI is InChI=1S/C24H29N7O2S/c1-14(2)31-13-17-20(23(31)33)27-24(30-11-9-29(10-12-30)16(4)32)28-21(17)25-15(3)22-26-18-7-5-6-8-19(18)34-22/h5-8,14-15H,9-13H2,1-4H3,(H,25,27,28). The van der Waals surface area contributed by atoms with Crippen LogP contribution in [-0.4, -0.2) is 68.8 Å². The predicted octanol–water partition coefficient (Wildman–Crippen LogP) is 3.29. The molecular weight excluding hydrogens is 450 g/mol. The fraction of sp³-hybridized carbons (Fsp3) is 0.458. The Labute approximate surface area is 202 Å². The van der Waals surface area contributed by atoms with Crippen LogP contribution in [0.1, 0.15) is 54.8 Å². The molecule has 2 aliphatic rings. The van der Waals surface area contributed by atoms with Crippen LogP contribution in [0.5, 0.6) is 0 Å². The van der Waals surface area contributed by atoms with E-state index in [0.717, 1.165) is 20.8 Å². The molecule has 2 aromatic heterocycles. The lowest BCUT2D eigenvalue weighted by molar-refractivity contribution is -0.129. The van der Waals surface area contributed by atoms with Crippen LogP contribution in [0.2, 0.25) is 0 Å². The van der Waals surface area contributed by atoms with Gasteiger partial charge >= 0.3 is 0 Å². The Morgan fingerprint density at radius 1 is 1.06 bits per heavy atom. The zero-order chi connectivity index (χ0) is 24.0. The number of anilines is 2. The third-order valence-electron chi connectivity index (χ3n) is 6.45. The van der Waals surface area contributed by atoms with Gasteiger partial charge in [-0.3, -0.25) is 9.59 Å². The van der Waals surface area contributed by atoms with Gasteiger partial charge in [0.05, 0.1) is 22.8 Å². The second kappa shape index (κ2) is 8.83. The van der Waals surface area contributed by atoms with Gasteiger partial charge < -0.3 is 20.0 Å². The van der Waals surface area contributed by atoms with Gasteiger partial charge in [-0.15, -0.1) is 11.3 Å². The maximum Gasteiger partial charge on any atom is 0.273 e. The van der Waals surface area contributed by atoms with E-state index in [9.17, 15) is 9.59 Å². The molecule has 2 aliphatic heterocycles. The summed E-state index contributed by atoms with van der Waals surface area (Å²) in [5.74, 6) is 1.22. The quantitative estimate of drug-likeness (QED) is 0.600. The fourth-order valence-electron chi connectivity index (χ4n) is 4.42. The van der Waals surface area contributed by atoms with Crippen LogP contribution in [0.3, 0.4) is 0 Å². The van der Waals surface area contributed by atoms with Crippen molar-refractivity contribution in [2.24, 2.45) is 0 Å². The van der Waals surface area contributed by atoms with E-state index in [1.165, 1.54) is 0 Å². The predicted molar refractivity (Wildman–Crippen MR) is 133 cm³/mol. The second-order valence-corrected chi connectivity index (χ2v) is 10.2. The summed E-state index contributed by atoms with van der Waals surface area (Å²) in [7, 11) is 0. The SMILES string of the molecule is CC(=O)N1CCN(c2nc(NC(C)c3nc4ccccc4s3)c3c(n2)C(=O)N(C(C)C)C3)CC1. The Hall–Kier alpha value is -3.27. The Morgan fingerprint density at radius 3 is 2.47 bits per heavy atom. The van der Waals surface area contributed by atoms with Crippen molar-refractivity contribution in [3.05, 3.63) is 40.5 Å². The molecule has 2 amide bonds. The van der Waals surface area contributed by atoms with Crippen molar-refractivity contribution in [2.45, 2.75) is 46.3 Å². The molecule has 1 aromatic carbocycles. The number of aromatic nitrogens is 3. The molecule has 4 heterocycles. The van der Waals surface area contributed by atoms with Crippen molar-refractivity contribution >= 4 is 45.1 Å². The van der Waals surface area contributed by atoms with E-state index < -0.39 is 0 Å². The maximum absolute atomic E-state index is 13.2. The van der Waals surface area contributed by atoms with E-state index >= 15 is 0 Å². The van der Waals surface area contributed by atoms with Crippen molar-refractivity contribution in [1.29, 1.82) is 0 Å². The van der Waals surface area contributed by atoms with Crippen LogP contribution in [0, 0.1) is 0 Å². The molecule has 0 radical (unpaired) electrons. The summed E-state index contributed by atoms with van der Waals surface area (Å²) in [6, 6.07) is 8.09. The van der Waals surface area contributed by atoms with Crippen LogP contribution in [0.4, 0.5) is 11.8 Å². The summed E-state index contributed by atoms with van der Waals surface area (Å²) in [6.07, 6.45) is 0. The molecule has 34 heavy (non-hydrogen) atoms. The zero-order valence-corrected chi connectivity index (χ0v) is 20.7. The first-order valence-electron chi connectivity index (χ1n) is 11.7. The fourth-order valence-corrected chi connectivity index (χ4v) is 5.39. The number of nitrogens with zero attached hydrogens (tertiary/aromatic N) is 6. The Kier molecular flexibility index (Phi) is 5.85. The van der Waals surface area contributed by atoms with Crippen LogP contribution in [0.15, 0.2) is 24.3 Å². The Morgan fingerprint density at radius 2 is 1.79 bits per heavy atom. The van der Waals surface area contributed by atoms with Gasteiger partial charge in [-0.05, 0) is 32.9 Å². The van der Waals surface area contributed by atoms with Gasteiger partial charge in [0.15, 0.2) is 0 Å². The van der Waals surface area contributed by atoms with Crippen LogP contribution in [0.25, 0.3) is 10.2 Å². The van der Waals surface area contributed by atoms with E-state index in [-0.39, 0.29) is 23.9 Å². The maximum atomic E-state index is 13.2. The van der Waals surface area contributed by atoms with Crippen molar-refractivity contribution in [1.82, 2.24) is 24.8 Å². The molecule has 1 unspecified atom stereocenters.